The van der Waals surface area contributed by atoms with Crippen molar-refractivity contribution in [1.29, 1.82) is 0 Å². The van der Waals surface area contributed by atoms with Crippen LogP contribution >= 0.6 is 11.8 Å². The molecule has 1 aliphatic rings. The Morgan fingerprint density at radius 3 is 2.76 bits per heavy atom. The van der Waals surface area contributed by atoms with Gasteiger partial charge in [0, 0.05) is 18.2 Å². The number of hydrogen-bond donors (Lipinski definition) is 2. The third kappa shape index (κ3) is 3.39. The zero-order valence-corrected chi connectivity index (χ0v) is 14.3. The molecule has 0 saturated carbocycles. The molecule has 1 fully saturated rings. The third-order valence-electron chi connectivity index (χ3n) is 4.09. The first-order chi connectivity index (χ1) is 11.9. The van der Waals surface area contributed by atoms with E-state index in [-0.39, 0.29) is 23.8 Å². The van der Waals surface area contributed by atoms with Gasteiger partial charge in [0.2, 0.25) is 0 Å². The van der Waals surface area contributed by atoms with Gasteiger partial charge in [-0.05, 0) is 6.92 Å². The summed E-state index contributed by atoms with van der Waals surface area (Å²) >= 11 is 1.29. The molecule has 3 rings (SSSR count). The minimum atomic E-state index is -0.848. The van der Waals surface area contributed by atoms with Crippen molar-refractivity contribution in [3.63, 3.8) is 0 Å². The predicted octanol–water partition coefficient (Wildman–Crippen LogP) is -0.757. The molecule has 0 aromatic carbocycles. The molecule has 25 heavy (non-hydrogen) atoms. The van der Waals surface area contributed by atoms with Crippen LogP contribution in [0, 0.1) is 6.92 Å². The van der Waals surface area contributed by atoms with E-state index in [0.29, 0.717) is 17.7 Å². The molecule has 2 N–H and O–H groups in total. The molecular weight excluding hydrogens is 352 g/mol. The van der Waals surface area contributed by atoms with Crippen LogP contribution in [0.1, 0.15) is 23.1 Å². The lowest BCUT2D eigenvalue weighted by Crippen LogP contribution is -2.41. The molecule has 0 spiro atoms. The summed E-state index contributed by atoms with van der Waals surface area (Å²) in [6, 6.07) is 0. The summed E-state index contributed by atoms with van der Waals surface area (Å²) < 4.78 is 15.9. The highest BCUT2D eigenvalue weighted by Crippen LogP contribution is 2.40. The number of halogens is 1. The Bertz CT molecular complexity index is 879. The van der Waals surface area contributed by atoms with Gasteiger partial charge in [-0.3, -0.25) is 13.9 Å². The Hall–Kier alpha value is -1.98. The number of rotatable bonds is 5. The summed E-state index contributed by atoms with van der Waals surface area (Å²) in [7, 11) is 0. The van der Waals surface area contributed by atoms with Gasteiger partial charge in [0.1, 0.15) is 5.69 Å². The average molecular weight is 370 g/mol. The van der Waals surface area contributed by atoms with Crippen molar-refractivity contribution >= 4 is 11.8 Å². The zero-order valence-electron chi connectivity index (χ0n) is 13.4. The average Bonchev–Trinajstić information content (AvgIpc) is 3.20. The SMILES string of the molecule is Cc1cn(C2CC(O)[C@@H](CO)S2)c(=O)n(Cc2cn(C[18F])nn2)c1=O. The fraction of sp³-hybridized carbons (Fsp3) is 0.571. The number of aliphatic hydroxyl groups is 2. The van der Waals surface area contributed by atoms with E-state index in [9.17, 15) is 24.2 Å². The van der Waals surface area contributed by atoms with E-state index in [1.807, 2.05) is 0 Å². The second-order valence-corrected chi connectivity index (χ2v) is 7.30. The van der Waals surface area contributed by atoms with Crippen LogP contribution in [0.25, 0.3) is 0 Å². The van der Waals surface area contributed by atoms with Gasteiger partial charge in [-0.2, -0.15) is 0 Å². The zero-order chi connectivity index (χ0) is 18.1. The highest BCUT2D eigenvalue weighted by Gasteiger charge is 2.35. The van der Waals surface area contributed by atoms with Crippen molar-refractivity contribution < 1.29 is 14.6 Å². The molecule has 11 heteroatoms. The number of thioether (sulfide) groups is 1. The van der Waals surface area contributed by atoms with Crippen LogP contribution in [0.15, 0.2) is 22.0 Å². The molecule has 1 saturated heterocycles. The predicted molar refractivity (Wildman–Crippen MR) is 88.1 cm³/mol. The van der Waals surface area contributed by atoms with Crippen LogP contribution in [-0.2, 0) is 13.3 Å². The molecule has 0 bridgehead atoms. The fourth-order valence-electron chi connectivity index (χ4n) is 2.79. The first-order valence-corrected chi connectivity index (χ1v) is 8.60. The van der Waals surface area contributed by atoms with Gasteiger partial charge in [-0.1, -0.05) is 5.21 Å². The van der Waals surface area contributed by atoms with Crippen molar-refractivity contribution in [3.8, 4) is 0 Å². The molecule has 0 aliphatic carbocycles. The van der Waals surface area contributed by atoms with Crippen LogP contribution in [0.3, 0.4) is 0 Å². The van der Waals surface area contributed by atoms with Gasteiger partial charge in [0.25, 0.3) is 5.56 Å². The van der Waals surface area contributed by atoms with Crippen LogP contribution in [0.2, 0.25) is 0 Å². The summed E-state index contributed by atoms with van der Waals surface area (Å²) in [5.74, 6) is 0. The molecule has 0 amide bonds. The second-order valence-electron chi connectivity index (χ2n) is 5.88. The minimum Gasteiger partial charge on any atom is -0.395 e. The van der Waals surface area contributed by atoms with Crippen LogP contribution in [0.5, 0.6) is 0 Å². The van der Waals surface area contributed by atoms with Crippen LogP contribution in [0.4, 0.5) is 4.39 Å². The summed E-state index contributed by atoms with van der Waals surface area (Å²) in [5.41, 5.74) is -0.353. The van der Waals surface area contributed by atoms with Crippen molar-refractivity contribution in [3.05, 3.63) is 44.5 Å². The monoisotopic (exact) mass is 370 g/mol. The van der Waals surface area contributed by atoms with E-state index in [0.717, 1.165) is 9.25 Å². The molecule has 1 aliphatic heterocycles. The van der Waals surface area contributed by atoms with E-state index in [4.69, 9.17) is 0 Å². The molecular formula is C14H18FN5O4S. The Labute approximate surface area is 145 Å². The number of aliphatic hydroxyl groups excluding tert-OH is 2. The molecule has 136 valence electrons. The highest BCUT2D eigenvalue weighted by atomic mass is 32.2. The Balaban J connectivity index is 1.98. The second kappa shape index (κ2) is 7.10. The number of aryl methyl sites for hydroxylation is 1. The lowest BCUT2D eigenvalue weighted by molar-refractivity contribution is 0.137. The van der Waals surface area contributed by atoms with Gasteiger partial charge >= 0.3 is 5.69 Å². The summed E-state index contributed by atoms with van der Waals surface area (Å²) in [6.07, 6.45) is 2.36. The Morgan fingerprint density at radius 1 is 1.40 bits per heavy atom. The van der Waals surface area contributed by atoms with E-state index >= 15 is 0 Å². The van der Waals surface area contributed by atoms with Gasteiger partial charge in [-0.25, -0.2) is 13.9 Å². The third-order valence-corrected chi connectivity index (χ3v) is 5.64. The minimum absolute atomic E-state index is 0.122. The van der Waals surface area contributed by atoms with Gasteiger partial charge in [-0.15, -0.1) is 16.9 Å². The maximum Gasteiger partial charge on any atom is 0.332 e. The fourth-order valence-corrected chi connectivity index (χ4v) is 4.16. The summed E-state index contributed by atoms with van der Waals surface area (Å²) in [5, 5.41) is 25.8. The van der Waals surface area contributed by atoms with Gasteiger partial charge in [0.05, 0.1) is 36.1 Å². The normalized spacial score (nSPS) is 23.3. The van der Waals surface area contributed by atoms with Crippen LogP contribution < -0.4 is 11.2 Å². The van der Waals surface area contributed by atoms with Crippen molar-refractivity contribution in [1.82, 2.24) is 24.1 Å². The van der Waals surface area contributed by atoms with Gasteiger partial charge in [0.15, 0.2) is 6.80 Å². The maximum absolute atomic E-state index is 12.8. The number of aromatic nitrogens is 5. The van der Waals surface area contributed by atoms with E-state index < -0.39 is 24.2 Å². The first kappa shape index (κ1) is 17.8. The lowest BCUT2D eigenvalue weighted by atomic mass is 10.2. The molecule has 2 unspecified atom stereocenters. The van der Waals surface area contributed by atoms with Crippen molar-refractivity contribution in [2.24, 2.45) is 0 Å². The van der Waals surface area contributed by atoms with Gasteiger partial charge < -0.3 is 10.2 Å². The topological polar surface area (TPSA) is 115 Å². The molecule has 2 aromatic heterocycles. The smallest absolute Gasteiger partial charge is 0.332 e. The molecule has 3 heterocycles. The highest BCUT2D eigenvalue weighted by molar-refractivity contribution is 8.00. The molecule has 2 aromatic rings. The quantitative estimate of drug-likeness (QED) is 0.711. The Morgan fingerprint density at radius 2 is 2.16 bits per heavy atom. The number of hydrogen-bond acceptors (Lipinski definition) is 7. The summed E-state index contributed by atoms with van der Waals surface area (Å²) in [6.45, 7) is 0.427. The van der Waals surface area contributed by atoms with E-state index in [2.05, 4.69) is 10.3 Å². The van der Waals surface area contributed by atoms with Crippen molar-refractivity contribution in [2.45, 2.75) is 43.4 Å². The lowest BCUT2D eigenvalue weighted by Gasteiger charge is -2.16. The number of nitrogens with zero attached hydrogens (tertiary/aromatic N) is 5. The Kier molecular flexibility index (Phi) is 5.06. The standard InChI is InChI=1S/C14H18FN5O4S/c1-8-3-19(12-2-10(22)11(6-21)25-12)14(24)20(13(8)23)5-9-4-18(7-15)17-16-9/h3-4,10-12,21-22H,2,5-7H2,1H3/t10?,11-,12?/m1/s1/i15-1. The van der Waals surface area contributed by atoms with Crippen molar-refractivity contribution in [2.75, 3.05) is 6.61 Å². The molecule has 9 nitrogen and oxygen atoms in total. The first-order valence-electron chi connectivity index (χ1n) is 7.66. The molecule has 0 radical (unpaired) electrons. The van der Waals surface area contributed by atoms with E-state index in [1.165, 1.54) is 28.7 Å². The largest absolute Gasteiger partial charge is 0.395 e. The van der Waals surface area contributed by atoms with E-state index in [1.54, 1.807) is 6.92 Å². The maximum atomic E-state index is 12.8. The van der Waals surface area contributed by atoms with Crippen LogP contribution in [-0.4, -0.2) is 52.3 Å². The number of alkyl halides is 1. The molecule has 3 atom stereocenters. The summed E-state index contributed by atoms with van der Waals surface area (Å²) in [4.78, 5) is 25.1.